The molecule has 1 unspecified atom stereocenters. The molecule has 1 aromatic rings. The summed E-state index contributed by atoms with van der Waals surface area (Å²) in [5.41, 5.74) is 1.10. The molecular weight excluding hydrogens is 300 g/mol. The standard InChI is InChI=1S/C9H8Br2O2/c10-8(9(12)13-11)6-7-4-2-1-3-5-7/h1-5,8H,6H2. The molecule has 1 rings (SSSR count). The molecule has 0 aromatic heterocycles. The van der Waals surface area contributed by atoms with Crippen LogP contribution >= 0.6 is 32.2 Å². The highest BCUT2D eigenvalue weighted by molar-refractivity contribution is 9.10. The van der Waals surface area contributed by atoms with Gasteiger partial charge in [-0.3, -0.25) is 0 Å². The molecule has 0 aliphatic carbocycles. The van der Waals surface area contributed by atoms with Crippen LogP contribution in [0.2, 0.25) is 0 Å². The molecule has 0 fully saturated rings. The summed E-state index contributed by atoms with van der Waals surface area (Å²) in [6.07, 6.45) is 0.630. The van der Waals surface area contributed by atoms with Crippen LogP contribution in [0.15, 0.2) is 30.3 Å². The molecule has 0 radical (unpaired) electrons. The van der Waals surface area contributed by atoms with E-state index in [0.717, 1.165) is 5.56 Å². The highest BCUT2D eigenvalue weighted by Crippen LogP contribution is 2.12. The van der Waals surface area contributed by atoms with Gasteiger partial charge in [-0.25, -0.2) is 4.79 Å². The smallest absolute Gasteiger partial charge is 0.331 e. The first-order valence-electron chi connectivity index (χ1n) is 3.74. The second-order valence-electron chi connectivity index (χ2n) is 2.55. The summed E-state index contributed by atoms with van der Waals surface area (Å²) < 4.78 is 4.41. The molecule has 0 bridgehead atoms. The summed E-state index contributed by atoms with van der Waals surface area (Å²) in [6, 6.07) is 9.75. The molecule has 1 aromatic carbocycles. The fraction of sp³-hybridized carbons (Fsp3) is 0.222. The maximum absolute atomic E-state index is 11.0. The van der Waals surface area contributed by atoms with Crippen molar-refractivity contribution in [3.05, 3.63) is 35.9 Å². The fourth-order valence-corrected chi connectivity index (χ4v) is 1.90. The number of alkyl halides is 1. The van der Waals surface area contributed by atoms with Gasteiger partial charge < -0.3 is 3.83 Å². The summed E-state index contributed by atoms with van der Waals surface area (Å²) in [4.78, 5) is 10.7. The molecule has 0 saturated carbocycles. The first-order chi connectivity index (χ1) is 6.24. The Hall–Kier alpha value is -0.350. The van der Waals surface area contributed by atoms with Crippen LogP contribution in [0.3, 0.4) is 0 Å². The molecule has 2 nitrogen and oxygen atoms in total. The van der Waals surface area contributed by atoms with E-state index in [4.69, 9.17) is 0 Å². The maximum Gasteiger partial charge on any atom is 0.331 e. The number of hydrogen-bond acceptors (Lipinski definition) is 2. The topological polar surface area (TPSA) is 26.3 Å². The lowest BCUT2D eigenvalue weighted by Crippen LogP contribution is -2.16. The number of hydrogen-bond donors (Lipinski definition) is 0. The third-order valence-corrected chi connectivity index (χ3v) is 2.61. The molecule has 0 N–H and O–H groups in total. The molecule has 1 atom stereocenters. The number of halogens is 2. The normalized spacial score (nSPS) is 12.2. The van der Waals surface area contributed by atoms with Gasteiger partial charge in [0.15, 0.2) is 16.3 Å². The third-order valence-electron chi connectivity index (χ3n) is 1.59. The first-order valence-corrected chi connectivity index (χ1v) is 5.31. The molecule has 0 saturated heterocycles. The zero-order chi connectivity index (χ0) is 9.68. The summed E-state index contributed by atoms with van der Waals surface area (Å²) in [7, 11) is 0. The van der Waals surface area contributed by atoms with Gasteiger partial charge in [-0.2, -0.15) is 0 Å². The van der Waals surface area contributed by atoms with E-state index in [1.807, 2.05) is 30.3 Å². The van der Waals surface area contributed by atoms with E-state index < -0.39 is 0 Å². The molecule has 70 valence electrons. The lowest BCUT2D eigenvalue weighted by atomic mass is 10.1. The lowest BCUT2D eigenvalue weighted by molar-refractivity contribution is -0.131. The van der Waals surface area contributed by atoms with Crippen molar-refractivity contribution in [3.8, 4) is 0 Å². The van der Waals surface area contributed by atoms with Crippen molar-refractivity contribution in [2.75, 3.05) is 0 Å². The SMILES string of the molecule is O=C(OBr)C(Br)Cc1ccccc1. The molecule has 0 spiro atoms. The average Bonchev–Trinajstić information content (AvgIpc) is 2.18. The van der Waals surface area contributed by atoms with Gasteiger partial charge in [0.25, 0.3) is 0 Å². The maximum atomic E-state index is 11.0. The van der Waals surface area contributed by atoms with E-state index in [0.29, 0.717) is 6.42 Å². The van der Waals surface area contributed by atoms with Gasteiger partial charge in [-0.05, 0) is 12.0 Å². The molecular formula is C9H8Br2O2. The summed E-state index contributed by atoms with van der Waals surface area (Å²) in [5.74, 6) is -0.316. The minimum Gasteiger partial charge on any atom is -0.383 e. The van der Waals surface area contributed by atoms with Gasteiger partial charge in [0.05, 0.1) is 0 Å². The summed E-state index contributed by atoms with van der Waals surface area (Å²) in [6.45, 7) is 0. The quantitative estimate of drug-likeness (QED) is 0.803. The zero-order valence-electron chi connectivity index (χ0n) is 6.74. The molecule has 0 aliphatic heterocycles. The minimum atomic E-state index is -0.316. The predicted octanol–water partition coefficient (Wildman–Crippen LogP) is 2.85. The van der Waals surface area contributed by atoms with Gasteiger partial charge >= 0.3 is 5.97 Å². The van der Waals surface area contributed by atoms with Crippen molar-refractivity contribution in [2.45, 2.75) is 11.2 Å². The minimum absolute atomic E-state index is 0.297. The Kier molecular flexibility index (Phi) is 4.45. The Morgan fingerprint density at radius 1 is 1.38 bits per heavy atom. The molecule has 0 aliphatic rings. The molecule has 4 heteroatoms. The Balaban J connectivity index is 2.55. The fourth-order valence-electron chi connectivity index (χ4n) is 0.953. The molecule has 13 heavy (non-hydrogen) atoms. The van der Waals surface area contributed by atoms with E-state index in [1.165, 1.54) is 0 Å². The van der Waals surface area contributed by atoms with Crippen molar-refractivity contribution in [1.29, 1.82) is 0 Å². The van der Waals surface area contributed by atoms with E-state index in [2.05, 4.69) is 36.0 Å². The van der Waals surface area contributed by atoms with Crippen LogP contribution in [0.25, 0.3) is 0 Å². The monoisotopic (exact) mass is 306 g/mol. The van der Waals surface area contributed by atoms with Crippen molar-refractivity contribution >= 4 is 38.2 Å². The van der Waals surface area contributed by atoms with Gasteiger partial charge in [-0.15, -0.1) is 0 Å². The lowest BCUT2D eigenvalue weighted by Gasteiger charge is -2.05. The van der Waals surface area contributed by atoms with Crippen molar-refractivity contribution < 1.29 is 8.62 Å². The third kappa shape index (κ3) is 3.48. The van der Waals surface area contributed by atoms with Crippen LogP contribution in [-0.4, -0.2) is 10.8 Å². The molecule has 0 amide bonds. The van der Waals surface area contributed by atoms with Gasteiger partial charge in [-0.1, -0.05) is 46.3 Å². The summed E-state index contributed by atoms with van der Waals surface area (Å²) >= 11 is 5.88. The second-order valence-corrected chi connectivity index (χ2v) is 3.98. The second kappa shape index (κ2) is 5.40. The highest BCUT2D eigenvalue weighted by Gasteiger charge is 2.15. The Labute approximate surface area is 93.9 Å². The number of rotatable bonds is 3. The van der Waals surface area contributed by atoms with Gasteiger partial charge in [0.1, 0.15) is 4.83 Å². The van der Waals surface area contributed by atoms with E-state index in [1.54, 1.807) is 0 Å². The Bertz CT molecular complexity index is 274. The molecule has 0 heterocycles. The average molecular weight is 308 g/mol. The van der Waals surface area contributed by atoms with Crippen LogP contribution in [0, 0.1) is 0 Å². The Morgan fingerprint density at radius 2 is 2.00 bits per heavy atom. The Morgan fingerprint density at radius 3 is 2.54 bits per heavy atom. The van der Waals surface area contributed by atoms with E-state index >= 15 is 0 Å². The van der Waals surface area contributed by atoms with Crippen LogP contribution in [0.1, 0.15) is 5.56 Å². The zero-order valence-corrected chi connectivity index (χ0v) is 9.92. The van der Waals surface area contributed by atoms with Crippen molar-refractivity contribution in [1.82, 2.24) is 0 Å². The number of benzene rings is 1. The first kappa shape index (κ1) is 10.7. The van der Waals surface area contributed by atoms with E-state index in [9.17, 15) is 4.79 Å². The summed E-state index contributed by atoms with van der Waals surface area (Å²) in [5, 5.41) is 0. The number of carbonyl (C=O) groups is 1. The van der Waals surface area contributed by atoms with E-state index in [-0.39, 0.29) is 10.8 Å². The van der Waals surface area contributed by atoms with Crippen LogP contribution in [0.4, 0.5) is 0 Å². The van der Waals surface area contributed by atoms with Crippen LogP contribution in [0.5, 0.6) is 0 Å². The van der Waals surface area contributed by atoms with Crippen LogP contribution in [-0.2, 0) is 15.0 Å². The van der Waals surface area contributed by atoms with Gasteiger partial charge in [0, 0.05) is 0 Å². The predicted molar refractivity (Wildman–Crippen MR) is 57.9 cm³/mol. The van der Waals surface area contributed by atoms with Crippen LogP contribution < -0.4 is 0 Å². The van der Waals surface area contributed by atoms with Crippen molar-refractivity contribution in [2.24, 2.45) is 0 Å². The highest BCUT2D eigenvalue weighted by atomic mass is 79.9. The number of carbonyl (C=O) groups excluding carboxylic acids is 1. The van der Waals surface area contributed by atoms with Crippen molar-refractivity contribution in [3.63, 3.8) is 0 Å². The largest absolute Gasteiger partial charge is 0.383 e. The van der Waals surface area contributed by atoms with Gasteiger partial charge in [0.2, 0.25) is 0 Å².